The Kier molecular flexibility index (Phi) is 4.21. The lowest BCUT2D eigenvalue weighted by Gasteiger charge is -2.25. The van der Waals surface area contributed by atoms with Gasteiger partial charge in [-0.15, -0.1) is 0 Å². The first-order valence-corrected chi connectivity index (χ1v) is 7.96. The third-order valence-electron chi connectivity index (χ3n) is 2.21. The highest BCUT2D eigenvalue weighted by atomic mass is 79.9. The molecule has 0 heterocycles. The van der Waals surface area contributed by atoms with Crippen molar-refractivity contribution in [1.82, 2.24) is 0 Å². The molecule has 0 fully saturated rings. The summed E-state index contributed by atoms with van der Waals surface area (Å²) >= 11 is 6.00. The molecule has 0 aliphatic heterocycles. The molecule has 1 atom stereocenters. The Balaban J connectivity index is 3.12. The maximum atomic E-state index is 11.5. The fourth-order valence-electron chi connectivity index (χ4n) is 1.15. The van der Waals surface area contributed by atoms with Gasteiger partial charge in [0.05, 0.1) is 0 Å². The maximum Gasteiger partial charge on any atom is 0.210 e. The predicted molar refractivity (Wildman–Crippen MR) is 71.6 cm³/mol. The monoisotopic (exact) mass is 370 g/mol. The van der Waals surface area contributed by atoms with Crippen LogP contribution >= 0.6 is 31.9 Å². The van der Waals surface area contributed by atoms with Crippen molar-refractivity contribution >= 4 is 41.7 Å². The van der Waals surface area contributed by atoms with E-state index >= 15 is 0 Å². The van der Waals surface area contributed by atoms with Crippen LogP contribution in [-0.4, -0.2) is 22.3 Å². The van der Waals surface area contributed by atoms with E-state index in [-0.39, 0.29) is 0 Å². The Morgan fingerprint density at radius 1 is 1.25 bits per heavy atom. The van der Waals surface area contributed by atoms with E-state index in [0.717, 1.165) is 11.8 Å². The molecule has 1 rings (SSSR count). The van der Waals surface area contributed by atoms with E-state index in [2.05, 4.69) is 31.9 Å². The van der Waals surface area contributed by atoms with Crippen LogP contribution in [0.3, 0.4) is 0 Å². The molecule has 0 radical (unpaired) electrons. The summed E-state index contributed by atoms with van der Waals surface area (Å²) in [6.07, 6.45) is -0.128. The summed E-state index contributed by atoms with van der Waals surface area (Å²) < 4.78 is 21.4. The number of benzene rings is 1. The molecule has 1 aromatic rings. The van der Waals surface area contributed by atoms with Crippen LogP contribution in [0.4, 0.5) is 0 Å². The van der Waals surface area contributed by atoms with Crippen molar-refractivity contribution in [3.8, 4) is 0 Å². The van der Waals surface area contributed by atoms with E-state index in [9.17, 15) is 13.5 Å². The number of alkyl halides is 2. The van der Waals surface area contributed by atoms with E-state index in [4.69, 9.17) is 0 Å². The van der Waals surface area contributed by atoms with Crippen LogP contribution in [0.25, 0.3) is 0 Å². The van der Waals surface area contributed by atoms with E-state index in [0.29, 0.717) is 5.56 Å². The molecule has 90 valence electrons. The molecule has 0 spiro atoms. The third-order valence-corrected chi connectivity index (χ3v) is 7.81. The maximum absolute atomic E-state index is 11.5. The number of hydrogen-bond donors (Lipinski definition) is 1. The summed E-state index contributed by atoms with van der Waals surface area (Å²) in [5.41, 5.74) is 1.58. The number of aliphatic hydroxyl groups is 1. The van der Waals surface area contributed by atoms with Gasteiger partial charge in [-0.1, -0.05) is 61.7 Å². The SMILES string of the molecule is Cc1ccc(C(O)C(Br)(Br)S(C)(=O)=O)cc1. The van der Waals surface area contributed by atoms with Crippen LogP contribution in [0.2, 0.25) is 0 Å². The minimum atomic E-state index is -3.48. The van der Waals surface area contributed by atoms with Crippen LogP contribution in [-0.2, 0) is 9.84 Å². The number of hydrogen-bond acceptors (Lipinski definition) is 3. The molecule has 0 aromatic heterocycles. The van der Waals surface area contributed by atoms with Gasteiger partial charge < -0.3 is 5.11 Å². The summed E-state index contributed by atoms with van der Waals surface area (Å²) in [7, 11) is -3.48. The fraction of sp³-hybridized carbons (Fsp3) is 0.400. The molecular weight excluding hydrogens is 360 g/mol. The molecule has 0 amide bonds. The highest BCUT2D eigenvalue weighted by Gasteiger charge is 2.43. The number of sulfone groups is 1. The van der Waals surface area contributed by atoms with Gasteiger partial charge in [0.2, 0.25) is 2.57 Å². The van der Waals surface area contributed by atoms with Gasteiger partial charge in [-0.2, -0.15) is 0 Å². The van der Waals surface area contributed by atoms with Crippen molar-refractivity contribution in [2.24, 2.45) is 0 Å². The van der Waals surface area contributed by atoms with Gasteiger partial charge in [0.25, 0.3) is 0 Å². The predicted octanol–water partition coefficient (Wildman–Crippen LogP) is 2.52. The zero-order chi connectivity index (χ0) is 12.6. The van der Waals surface area contributed by atoms with Crippen molar-refractivity contribution in [1.29, 1.82) is 0 Å². The average molecular weight is 372 g/mol. The Morgan fingerprint density at radius 2 is 1.69 bits per heavy atom. The third kappa shape index (κ3) is 2.85. The van der Waals surface area contributed by atoms with Gasteiger partial charge in [-0.25, -0.2) is 8.42 Å². The summed E-state index contributed by atoms with van der Waals surface area (Å²) in [6.45, 7) is 1.92. The van der Waals surface area contributed by atoms with Crippen LogP contribution < -0.4 is 0 Å². The molecule has 1 N–H and O–H groups in total. The smallest absolute Gasteiger partial charge is 0.210 e. The molecule has 0 bridgehead atoms. The molecule has 6 heteroatoms. The normalized spacial score (nSPS) is 14.8. The fourth-order valence-corrected chi connectivity index (χ4v) is 2.22. The second-order valence-corrected chi connectivity index (χ2v) is 10.5. The molecule has 0 saturated carbocycles. The average Bonchev–Trinajstić information content (AvgIpc) is 2.16. The van der Waals surface area contributed by atoms with Crippen molar-refractivity contribution in [3.63, 3.8) is 0 Å². The Bertz CT molecular complexity index is 465. The Morgan fingerprint density at radius 3 is 2.06 bits per heavy atom. The summed E-state index contributed by atoms with van der Waals surface area (Å²) in [4.78, 5) is 0. The topological polar surface area (TPSA) is 54.4 Å². The largest absolute Gasteiger partial charge is 0.385 e. The minimum absolute atomic E-state index is 0.532. The molecule has 0 saturated heterocycles. The lowest BCUT2D eigenvalue weighted by Crippen LogP contribution is -2.31. The summed E-state index contributed by atoms with van der Waals surface area (Å²) in [5.74, 6) is 0. The van der Waals surface area contributed by atoms with Gasteiger partial charge in [0.1, 0.15) is 6.10 Å². The molecule has 3 nitrogen and oxygen atoms in total. The van der Waals surface area contributed by atoms with E-state index < -0.39 is 18.5 Å². The second kappa shape index (κ2) is 4.76. The first-order valence-electron chi connectivity index (χ1n) is 4.48. The van der Waals surface area contributed by atoms with Crippen molar-refractivity contribution < 1.29 is 13.5 Å². The Labute approximate surface area is 112 Å². The van der Waals surface area contributed by atoms with Gasteiger partial charge in [-0.05, 0) is 12.5 Å². The molecule has 16 heavy (non-hydrogen) atoms. The van der Waals surface area contributed by atoms with E-state index in [1.165, 1.54) is 0 Å². The van der Waals surface area contributed by atoms with Crippen molar-refractivity contribution in [3.05, 3.63) is 35.4 Å². The van der Waals surface area contributed by atoms with Crippen molar-refractivity contribution in [2.75, 3.05) is 6.26 Å². The van der Waals surface area contributed by atoms with Crippen LogP contribution in [0.1, 0.15) is 17.2 Å². The molecule has 0 aliphatic carbocycles. The molecule has 1 unspecified atom stereocenters. The molecular formula is C10H12Br2O3S. The zero-order valence-electron chi connectivity index (χ0n) is 8.81. The minimum Gasteiger partial charge on any atom is -0.385 e. The summed E-state index contributed by atoms with van der Waals surface area (Å²) in [6, 6.07) is 7.03. The number of aliphatic hydroxyl groups excluding tert-OH is 1. The molecule has 0 aliphatic rings. The van der Waals surface area contributed by atoms with E-state index in [1.807, 2.05) is 19.1 Å². The second-order valence-electron chi connectivity index (χ2n) is 3.65. The standard InChI is InChI=1S/C10H12Br2O3S/c1-7-3-5-8(6-4-7)9(13)10(11,12)16(2,14)15/h3-6,9,13H,1-2H3. The lowest BCUT2D eigenvalue weighted by atomic mass is 10.1. The van der Waals surface area contributed by atoms with Gasteiger partial charge in [-0.3, -0.25) is 0 Å². The van der Waals surface area contributed by atoms with Crippen LogP contribution in [0, 0.1) is 6.92 Å². The number of halogens is 2. The van der Waals surface area contributed by atoms with Crippen molar-refractivity contribution in [2.45, 2.75) is 15.6 Å². The molecule has 1 aromatic carbocycles. The first-order chi connectivity index (χ1) is 7.16. The Hall–Kier alpha value is 0.0900. The zero-order valence-corrected chi connectivity index (χ0v) is 12.8. The van der Waals surface area contributed by atoms with Gasteiger partial charge in [0.15, 0.2) is 9.84 Å². The quantitative estimate of drug-likeness (QED) is 0.830. The number of rotatable bonds is 3. The van der Waals surface area contributed by atoms with Gasteiger partial charge in [0, 0.05) is 6.26 Å². The van der Waals surface area contributed by atoms with E-state index in [1.54, 1.807) is 12.1 Å². The highest BCUT2D eigenvalue weighted by Crippen LogP contribution is 2.43. The van der Waals surface area contributed by atoms with Gasteiger partial charge >= 0.3 is 0 Å². The first kappa shape index (κ1) is 14.2. The van der Waals surface area contributed by atoms with Crippen LogP contribution in [0.15, 0.2) is 24.3 Å². The lowest BCUT2D eigenvalue weighted by molar-refractivity contribution is 0.189. The number of aryl methyl sites for hydroxylation is 1. The highest BCUT2D eigenvalue weighted by molar-refractivity contribution is 9.27. The van der Waals surface area contributed by atoms with Crippen LogP contribution in [0.5, 0.6) is 0 Å². The summed E-state index contributed by atoms with van der Waals surface area (Å²) in [5, 5.41) is 10.0.